The van der Waals surface area contributed by atoms with E-state index >= 15 is 0 Å². The molecule has 0 atom stereocenters. The molecule has 0 aliphatic heterocycles. The van der Waals surface area contributed by atoms with Gasteiger partial charge in [0.05, 0.1) is 0 Å². The number of aryl methyl sites for hydroxylation is 1. The van der Waals surface area contributed by atoms with Gasteiger partial charge in [-0.1, -0.05) is 43.3 Å². The number of nitrogens with zero attached hydrogens (tertiary/aromatic N) is 1. The van der Waals surface area contributed by atoms with Crippen molar-refractivity contribution in [2.45, 2.75) is 26.7 Å². The molecule has 0 fully saturated rings. The van der Waals surface area contributed by atoms with Crippen LogP contribution < -0.4 is 0 Å². The lowest BCUT2D eigenvalue weighted by Gasteiger charge is -2.00. The first kappa shape index (κ1) is 10.8. The van der Waals surface area contributed by atoms with E-state index in [0.717, 1.165) is 18.4 Å². The first-order valence-corrected chi connectivity index (χ1v) is 5.04. The summed E-state index contributed by atoms with van der Waals surface area (Å²) >= 11 is 0. The van der Waals surface area contributed by atoms with Crippen LogP contribution in [0.3, 0.4) is 0 Å². The Bertz CT molecular complexity index is 294. The molecule has 14 heavy (non-hydrogen) atoms. The highest BCUT2D eigenvalue weighted by molar-refractivity contribution is 5.81. The zero-order chi connectivity index (χ0) is 10.2. The van der Waals surface area contributed by atoms with Crippen LogP contribution in [-0.2, 0) is 11.3 Å². The molecule has 2 heteroatoms. The number of rotatable bonds is 5. The Kier molecular flexibility index (Phi) is 4.76. The maximum atomic E-state index is 5.00. The summed E-state index contributed by atoms with van der Waals surface area (Å²) in [5, 5.41) is 3.79. The maximum Gasteiger partial charge on any atom is 0.139 e. The summed E-state index contributed by atoms with van der Waals surface area (Å²) in [4.78, 5) is 5.00. The van der Waals surface area contributed by atoms with Gasteiger partial charge in [-0.2, -0.15) is 0 Å². The van der Waals surface area contributed by atoms with Gasteiger partial charge in [0.25, 0.3) is 0 Å². The molecule has 0 aromatic heterocycles. The number of hydrogen-bond acceptors (Lipinski definition) is 2. The van der Waals surface area contributed by atoms with E-state index in [-0.39, 0.29) is 0 Å². The van der Waals surface area contributed by atoms with E-state index < -0.39 is 0 Å². The van der Waals surface area contributed by atoms with Gasteiger partial charge in [-0.15, -0.1) is 0 Å². The van der Waals surface area contributed by atoms with Crippen molar-refractivity contribution >= 4 is 6.21 Å². The molecular formula is C12H16NO. The fourth-order valence-electron chi connectivity index (χ4n) is 1.16. The lowest BCUT2D eigenvalue weighted by atomic mass is 10.1. The van der Waals surface area contributed by atoms with Gasteiger partial charge in [0.15, 0.2) is 0 Å². The Labute approximate surface area is 85.6 Å². The van der Waals surface area contributed by atoms with Gasteiger partial charge in [-0.3, -0.25) is 0 Å². The monoisotopic (exact) mass is 190 g/mol. The predicted molar refractivity (Wildman–Crippen MR) is 58.6 cm³/mol. The molecule has 0 bridgehead atoms. The van der Waals surface area contributed by atoms with Crippen LogP contribution in [0.2, 0.25) is 0 Å². The summed E-state index contributed by atoms with van der Waals surface area (Å²) in [6.45, 7) is 4.82. The molecule has 0 aliphatic rings. The van der Waals surface area contributed by atoms with E-state index in [0.29, 0.717) is 6.61 Å². The van der Waals surface area contributed by atoms with Crippen LogP contribution >= 0.6 is 0 Å². The Morgan fingerprint density at radius 1 is 1.29 bits per heavy atom. The van der Waals surface area contributed by atoms with Crippen molar-refractivity contribution in [2.75, 3.05) is 6.61 Å². The second-order valence-corrected chi connectivity index (χ2v) is 3.05. The molecule has 0 N–H and O–H groups in total. The predicted octanol–water partition coefficient (Wildman–Crippen LogP) is 2.89. The topological polar surface area (TPSA) is 21.6 Å². The lowest BCUT2D eigenvalue weighted by Crippen LogP contribution is -1.91. The molecule has 0 aliphatic carbocycles. The molecule has 1 rings (SSSR count). The molecular weight excluding hydrogens is 174 g/mol. The Hall–Kier alpha value is -1.31. The molecule has 75 valence electrons. The van der Waals surface area contributed by atoms with E-state index in [9.17, 15) is 0 Å². The zero-order valence-electron chi connectivity index (χ0n) is 8.79. The van der Waals surface area contributed by atoms with Gasteiger partial charge in [-0.25, -0.2) is 0 Å². The minimum Gasteiger partial charge on any atom is -0.395 e. The van der Waals surface area contributed by atoms with Crippen molar-refractivity contribution in [3.8, 4) is 0 Å². The fraction of sp³-hybridized carbons (Fsp3) is 0.417. The smallest absolute Gasteiger partial charge is 0.139 e. The summed E-state index contributed by atoms with van der Waals surface area (Å²) in [7, 11) is 0. The molecule has 1 aromatic carbocycles. The third-order valence-corrected chi connectivity index (χ3v) is 1.92. The van der Waals surface area contributed by atoms with Crippen LogP contribution in [0.1, 0.15) is 31.4 Å². The first-order valence-electron chi connectivity index (χ1n) is 5.04. The maximum absolute atomic E-state index is 5.00. The Balaban J connectivity index is 2.61. The summed E-state index contributed by atoms with van der Waals surface area (Å²) in [6.07, 6.45) is 4.87. The van der Waals surface area contributed by atoms with Crippen LogP contribution in [0, 0.1) is 0 Å². The van der Waals surface area contributed by atoms with E-state index in [2.05, 4.69) is 31.3 Å². The van der Waals surface area contributed by atoms with Gasteiger partial charge in [0.1, 0.15) is 12.8 Å². The third-order valence-electron chi connectivity index (χ3n) is 1.92. The van der Waals surface area contributed by atoms with E-state index in [1.165, 1.54) is 5.56 Å². The average molecular weight is 190 g/mol. The molecule has 0 saturated carbocycles. The van der Waals surface area contributed by atoms with Crippen molar-refractivity contribution in [1.29, 1.82) is 0 Å². The summed E-state index contributed by atoms with van der Waals surface area (Å²) < 4.78 is 0. The van der Waals surface area contributed by atoms with Crippen molar-refractivity contribution in [3.05, 3.63) is 35.4 Å². The second-order valence-electron chi connectivity index (χ2n) is 3.05. The second kappa shape index (κ2) is 6.19. The molecule has 2 nitrogen and oxygen atoms in total. The van der Waals surface area contributed by atoms with Crippen LogP contribution in [0.4, 0.5) is 0 Å². The molecule has 0 saturated heterocycles. The van der Waals surface area contributed by atoms with Crippen molar-refractivity contribution in [3.63, 3.8) is 0 Å². The largest absolute Gasteiger partial charge is 0.395 e. The summed E-state index contributed by atoms with van der Waals surface area (Å²) in [5.41, 5.74) is 2.27. The number of hydrogen-bond donors (Lipinski definition) is 0. The normalized spacial score (nSPS) is 10.7. The van der Waals surface area contributed by atoms with Crippen LogP contribution in [0.15, 0.2) is 29.4 Å². The SMILES string of the molecule is CCCO/N=[C]\c1ccccc1CC. The lowest BCUT2D eigenvalue weighted by molar-refractivity contribution is 0.146. The van der Waals surface area contributed by atoms with Gasteiger partial charge in [0, 0.05) is 5.56 Å². The Morgan fingerprint density at radius 3 is 2.79 bits per heavy atom. The fourth-order valence-corrected chi connectivity index (χ4v) is 1.16. The van der Waals surface area contributed by atoms with Crippen LogP contribution in [0.25, 0.3) is 0 Å². The zero-order valence-corrected chi connectivity index (χ0v) is 8.79. The molecule has 1 aromatic rings. The summed E-state index contributed by atoms with van der Waals surface area (Å²) in [6, 6.07) is 8.09. The van der Waals surface area contributed by atoms with Crippen molar-refractivity contribution in [2.24, 2.45) is 5.16 Å². The Morgan fingerprint density at radius 2 is 2.07 bits per heavy atom. The highest BCUT2D eigenvalue weighted by Gasteiger charge is 1.96. The molecule has 1 radical (unpaired) electrons. The van der Waals surface area contributed by atoms with E-state index in [1.807, 2.05) is 18.2 Å². The molecule has 0 spiro atoms. The van der Waals surface area contributed by atoms with Crippen molar-refractivity contribution < 1.29 is 4.84 Å². The van der Waals surface area contributed by atoms with Crippen LogP contribution in [-0.4, -0.2) is 12.8 Å². The van der Waals surface area contributed by atoms with E-state index in [4.69, 9.17) is 4.84 Å². The van der Waals surface area contributed by atoms with Crippen LogP contribution in [0.5, 0.6) is 0 Å². The molecule has 0 amide bonds. The standard InChI is InChI=1S/C12H16NO/c1-3-9-14-13-10-12-8-6-5-7-11(12)4-2/h5-8H,3-4,9H2,1-2H3. The third kappa shape index (κ3) is 3.21. The van der Waals surface area contributed by atoms with E-state index in [1.54, 1.807) is 0 Å². The molecule has 0 heterocycles. The highest BCUT2D eigenvalue weighted by Crippen LogP contribution is 2.06. The van der Waals surface area contributed by atoms with Gasteiger partial charge in [-0.05, 0) is 18.4 Å². The highest BCUT2D eigenvalue weighted by atomic mass is 16.6. The minimum atomic E-state index is 0.654. The molecule has 0 unspecified atom stereocenters. The van der Waals surface area contributed by atoms with Gasteiger partial charge >= 0.3 is 0 Å². The van der Waals surface area contributed by atoms with Gasteiger partial charge < -0.3 is 4.84 Å². The first-order chi connectivity index (χ1) is 6.88. The quantitative estimate of drug-likeness (QED) is 0.397. The summed E-state index contributed by atoms with van der Waals surface area (Å²) in [5.74, 6) is 0. The van der Waals surface area contributed by atoms with Gasteiger partial charge in [0.2, 0.25) is 0 Å². The number of benzene rings is 1. The van der Waals surface area contributed by atoms with Crippen molar-refractivity contribution in [1.82, 2.24) is 0 Å². The average Bonchev–Trinajstić information content (AvgIpc) is 2.25. The minimum absolute atomic E-state index is 0.654.